The van der Waals surface area contributed by atoms with Gasteiger partial charge in [-0.3, -0.25) is 20.2 Å². The summed E-state index contributed by atoms with van der Waals surface area (Å²) in [5, 5.41) is 22.5. The van der Waals surface area contributed by atoms with Crippen LogP contribution in [0.25, 0.3) is 0 Å². The average molecular weight is 354 g/mol. The lowest BCUT2D eigenvalue weighted by Crippen LogP contribution is -2.10. The van der Waals surface area contributed by atoms with Crippen molar-refractivity contribution in [3.8, 4) is 0 Å². The van der Waals surface area contributed by atoms with Crippen molar-refractivity contribution in [2.45, 2.75) is 26.4 Å². The van der Waals surface area contributed by atoms with Gasteiger partial charge in [0.25, 0.3) is 11.4 Å². The molecular formula is C16H13F3N2O4. The molecule has 2 aromatic carbocycles. The van der Waals surface area contributed by atoms with Gasteiger partial charge in [-0.05, 0) is 30.5 Å². The highest BCUT2D eigenvalue weighted by atomic mass is 19.4. The SMILES string of the molecule is Cc1cccc(Cc2c([N+](=O)[O-])cc(C(F)(F)F)cc2[N+](=O)[O-])c1C. The number of hydrogen-bond donors (Lipinski definition) is 0. The van der Waals surface area contributed by atoms with Gasteiger partial charge in [0.2, 0.25) is 0 Å². The maximum Gasteiger partial charge on any atom is 0.416 e. The van der Waals surface area contributed by atoms with Crippen LogP contribution in [-0.2, 0) is 12.6 Å². The molecule has 0 heterocycles. The van der Waals surface area contributed by atoms with E-state index in [1.807, 2.05) is 0 Å². The highest BCUT2D eigenvalue weighted by Crippen LogP contribution is 2.39. The molecular weight excluding hydrogens is 341 g/mol. The first-order valence-electron chi connectivity index (χ1n) is 7.10. The molecule has 2 rings (SSSR count). The molecule has 9 heteroatoms. The van der Waals surface area contributed by atoms with Crippen LogP contribution in [0, 0.1) is 34.1 Å². The van der Waals surface area contributed by atoms with Gasteiger partial charge in [0.15, 0.2) is 0 Å². The van der Waals surface area contributed by atoms with Crippen LogP contribution in [0.3, 0.4) is 0 Å². The average Bonchev–Trinajstić information content (AvgIpc) is 2.50. The molecule has 0 aliphatic heterocycles. The molecule has 0 atom stereocenters. The Kier molecular flexibility index (Phi) is 4.78. The van der Waals surface area contributed by atoms with Crippen LogP contribution in [0.2, 0.25) is 0 Å². The first kappa shape index (κ1) is 18.4. The molecule has 0 N–H and O–H groups in total. The summed E-state index contributed by atoms with van der Waals surface area (Å²) in [6.45, 7) is 3.54. The summed E-state index contributed by atoms with van der Waals surface area (Å²) in [7, 11) is 0. The lowest BCUT2D eigenvalue weighted by atomic mass is 9.94. The van der Waals surface area contributed by atoms with E-state index < -0.39 is 33.0 Å². The molecule has 0 aromatic heterocycles. The van der Waals surface area contributed by atoms with Gasteiger partial charge in [0.1, 0.15) is 5.56 Å². The summed E-state index contributed by atoms with van der Waals surface area (Å²) in [4.78, 5) is 20.4. The van der Waals surface area contributed by atoms with E-state index in [0.29, 0.717) is 17.7 Å². The number of benzene rings is 2. The fourth-order valence-corrected chi connectivity index (χ4v) is 2.51. The number of rotatable bonds is 4. The van der Waals surface area contributed by atoms with Gasteiger partial charge in [-0.2, -0.15) is 13.2 Å². The monoisotopic (exact) mass is 354 g/mol. The lowest BCUT2D eigenvalue weighted by Gasteiger charge is -2.12. The van der Waals surface area contributed by atoms with Crippen molar-refractivity contribution in [1.29, 1.82) is 0 Å². The molecule has 0 unspecified atom stereocenters. The summed E-state index contributed by atoms with van der Waals surface area (Å²) in [5.41, 5.74) is -1.39. The molecule has 132 valence electrons. The van der Waals surface area contributed by atoms with E-state index in [0.717, 1.165) is 11.1 Å². The highest BCUT2D eigenvalue weighted by molar-refractivity contribution is 5.59. The number of alkyl halides is 3. The van der Waals surface area contributed by atoms with Crippen LogP contribution in [0.4, 0.5) is 24.5 Å². The normalized spacial score (nSPS) is 11.4. The standard InChI is InChI=1S/C16H13F3N2O4/c1-9-4-3-5-11(10(9)2)6-13-14(20(22)23)7-12(16(17,18)19)8-15(13)21(24)25/h3-5,7-8H,6H2,1-2H3. The highest BCUT2D eigenvalue weighted by Gasteiger charge is 2.37. The van der Waals surface area contributed by atoms with E-state index in [1.54, 1.807) is 32.0 Å². The van der Waals surface area contributed by atoms with E-state index in [4.69, 9.17) is 0 Å². The lowest BCUT2D eigenvalue weighted by molar-refractivity contribution is -0.395. The van der Waals surface area contributed by atoms with Crippen molar-refractivity contribution < 1.29 is 23.0 Å². The zero-order valence-electron chi connectivity index (χ0n) is 13.3. The van der Waals surface area contributed by atoms with Gasteiger partial charge in [0.05, 0.1) is 15.4 Å². The Balaban J connectivity index is 2.72. The number of nitro groups is 2. The van der Waals surface area contributed by atoms with E-state index in [2.05, 4.69) is 0 Å². The summed E-state index contributed by atoms with van der Waals surface area (Å²) >= 11 is 0. The maximum absolute atomic E-state index is 12.9. The van der Waals surface area contributed by atoms with Crippen molar-refractivity contribution >= 4 is 11.4 Å². The molecule has 0 saturated heterocycles. The van der Waals surface area contributed by atoms with Gasteiger partial charge in [-0.15, -0.1) is 0 Å². The number of halogens is 3. The van der Waals surface area contributed by atoms with Crippen molar-refractivity contribution in [2.24, 2.45) is 0 Å². The zero-order chi connectivity index (χ0) is 18.9. The smallest absolute Gasteiger partial charge is 0.258 e. The van der Waals surface area contributed by atoms with Gasteiger partial charge in [-0.25, -0.2) is 0 Å². The third-order valence-corrected chi connectivity index (χ3v) is 4.01. The molecule has 0 saturated carbocycles. The van der Waals surface area contributed by atoms with Crippen LogP contribution in [0.15, 0.2) is 30.3 Å². The Morgan fingerprint density at radius 3 is 1.96 bits per heavy atom. The summed E-state index contributed by atoms with van der Waals surface area (Å²) in [6, 6.07) is 5.79. The zero-order valence-corrected chi connectivity index (χ0v) is 13.3. The fourth-order valence-electron chi connectivity index (χ4n) is 2.51. The van der Waals surface area contributed by atoms with Crippen molar-refractivity contribution in [2.75, 3.05) is 0 Å². The molecule has 0 amide bonds. The molecule has 0 aliphatic rings. The second-order valence-corrected chi connectivity index (χ2v) is 5.54. The molecule has 0 spiro atoms. The second-order valence-electron chi connectivity index (χ2n) is 5.54. The van der Waals surface area contributed by atoms with Gasteiger partial charge >= 0.3 is 6.18 Å². The van der Waals surface area contributed by atoms with Crippen LogP contribution >= 0.6 is 0 Å². The van der Waals surface area contributed by atoms with E-state index in [1.165, 1.54) is 0 Å². The predicted octanol–water partition coefficient (Wildman–Crippen LogP) is 4.73. The topological polar surface area (TPSA) is 86.3 Å². The van der Waals surface area contributed by atoms with Crippen molar-refractivity contribution in [3.63, 3.8) is 0 Å². The van der Waals surface area contributed by atoms with Crippen LogP contribution in [0.5, 0.6) is 0 Å². The molecule has 25 heavy (non-hydrogen) atoms. The van der Waals surface area contributed by atoms with Crippen molar-refractivity contribution in [1.82, 2.24) is 0 Å². The molecule has 2 aromatic rings. The van der Waals surface area contributed by atoms with E-state index in [9.17, 15) is 33.4 Å². The number of nitrogens with zero attached hydrogens (tertiary/aromatic N) is 2. The minimum atomic E-state index is -4.92. The fraction of sp³-hybridized carbons (Fsp3) is 0.250. The number of hydrogen-bond acceptors (Lipinski definition) is 4. The maximum atomic E-state index is 12.9. The summed E-state index contributed by atoms with van der Waals surface area (Å²) < 4.78 is 38.7. The molecule has 0 bridgehead atoms. The van der Waals surface area contributed by atoms with Crippen LogP contribution < -0.4 is 0 Å². The minimum Gasteiger partial charge on any atom is -0.258 e. The van der Waals surface area contributed by atoms with Crippen LogP contribution in [0.1, 0.15) is 27.8 Å². The van der Waals surface area contributed by atoms with E-state index >= 15 is 0 Å². The summed E-state index contributed by atoms with van der Waals surface area (Å²) in [5.74, 6) is 0. The Morgan fingerprint density at radius 1 is 1.00 bits per heavy atom. The Bertz CT molecular complexity index is 828. The molecule has 6 nitrogen and oxygen atoms in total. The largest absolute Gasteiger partial charge is 0.416 e. The van der Waals surface area contributed by atoms with Crippen LogP contribution in [-0.4, -0.2) is 9.85 Å². The molecule has 0 radical (unpaired) electrons. The van der Waals surface area contributed by atoms with Crippen molar-refractivity contribution in [3.05, 3.63) is 78.4 Å². The van der Waals surface area contributed by atoms with Gasteiger partial charge < -0.3 is 0 Å². The molecule has 0 fully saturated rings. The minimum absolute atomic E-state index is 0.210. The van der Waals surface area contributed by atoms with Gasteiger partial charge in [-0.1, -0.05) is 18.2 Å². The third kappa shape index (κ3) is 3.76. The Morgan fingerprint density at radius 2 is 1.52 bits per heavy atom. The predicted molar refractivity (Wildman–Crippen MR) is 83.5 cm³/mol. The quantitative estimate of drug-likeness (QED) is 0.587. The van der Waals surface area contributed by atoms with Gasteiger partial charge in [0, 0.05) is 18.6 Å². The number of nitro benzene ring substituents is 2. The molecule has 0 aliphatic carbocycles. The Labute approximate surface area is 140 Å². The van der Waals surface area contributed by atoms with E-state index in [-0.39, 0.29) is 12.0 Å². The Hall–Kier alpha value is -2.97. The first-order valence-corrected chi connectivity index (χ1v) is 7.10. The summed E-state index contributed by atoms with van der Waals surface area (Å²) in [6.07, 6.45) is -5.13. The number of aryl methyl sites for hydroxylation is 1. The first-order chi connectivity index (χ1) is 11.5. The third-order valence-electron chi connectivity index (χ3n) is 4.01. The second kappa shape index (κ2) is 6.50.